The van der Waals surface area contributed by atoms with Gasteiger partial charge in [-0.05, 0) is 74.5 Å². The molecule has 114 valence electrons. The summed E-state index contributed by atoms with van der Waals surface area (Å²) < 4.78 is 7.30. The molecule has 1 atom stereocenters. The number of nitrogens with zero attached hydrogens (tertiary/aromatic N) is 1. The molecular weight excluding hydrogens is 410 g/mol. The third-order valence-corrected chi connectivity index (χ3v) is 4.67. The van der Waals surface area contributed by atoms with Crippen LogP contribution in [0.15, 0.2) is 39.3 Å². The lowest BCUT2D eigenvalue weighted by molar-refractivity contribution is 0.450. The first-order chi connectivity index (χ1) is 10.5. The van der Waals surface area contributed by atoms with Crippen molar-refractivity contribution in [2.45, 2.75) is 26.2 Å². The summed E-state index contributed by atoms with van der Waals surface area (Å²) in [6.07, 6.45) is 0.932. The molecular formula is C17H15Br2NO2. The summed E-state index contributed by atoms with van der Waals surface area (Å²) in [5.74, 6) is 1.76. The van der Waals surface area contributed by atoms with Gasteiger partial charge in [0, 0.05) is 5.56 Å². The molecule has 2 aromatic carbocycles. The number of hydrogen-bond donors (Lipinski definition) is 1. The van der Waals surface area contributed by atoms with Crippen molar-refractivity contribution in [3.63, 3.8) is 0 Å². The molecule has 5 heteroatoms. The van der Waals surface area contributed by atoms with E-state index < -0.39 is 0 Å². The standard InChI is InChI=1S/C17H15Br2NO2/c1-3-10(2)13-8-12(4-5-16(13)21)22-17-14(18)6-11(9-20)7-15(17)19/h4-8,10,21H,3H2,1-2H3. The van der Waals surface area contributed by atoms with E-state index in [0.717, 1.165) is 12.0 Å². The highest BCUT2D eigenvalue weighted by Gasteiger charge is 2.13. The zero-order valence-corrected chi connectivity index (χ0v) is 15.4. The van der Waals surface area contributed by atoms with Crippen LogP contribution in [0.5, 0.6) is 17.2 Å². The molecule has 2 aromatic rings. The fourth-order valence-corrected chi connectivity index (χ4v) is 3.40. The normalized spacial score (nSPS) is 11.8. The zero-order valence-electron chi connectivity index (χ0n) is 12.2. The van der Waals surface area contributed by atoms with Crippen LogP contribution in [-0.2, 0) is 0 Å². The van der Waals surface area contributed by atoms with Gasteiger partial charge in [-0.25, -0.2) is 0 Å². The smallest absolute Gasteiger partial charge is 0.155 e. The van der Waals surface area contributed by atoms with Gasteiger partial charge in [0.05, 0.1) is 20.6 Å². The number of nitriles is 1. The Morgan fingerprint density at radius 1 is 1.23 bits per heavy atom. The number of phenols is 1. The third-order valence-electron chi connectivity index (χ3n) is 3.49. The van der Waals surface area contributed by atoms with Crippen LogP contribution in [-0.4, -0.2) is 5.11 Å². The quantitative estimate of drug-likeness (QED) is 0.645. The summed E-state index contributed by atoms with van der Waals surface area (Å²) >= 11 is 6.83. The summed E-state index contributed by atoms with van der Waals surface area (Å²) in [5, 5.41) is 18.9. The zero-order chi connectivity index (χ0) is 16.3. The molecule has 0 radical (unpaired) electrons. The largest absolute Gasteiger partial charge is 0.508 e. The molecule has 0 spiro atoms. The van der Waals surface area contributed by atoms with Crippen molar-refractivity contribution >= 4 is 31.9 Å². The van der Waals surface area contributed by atoms with Crippen molar-refractivity contribution in [2.75, 3.05) is 0 Å². The molecule has 0 saturated carbocycles. The lowest BCUT2D eigenvalue weighted by Crippen LogP contribution is -1.94. The maximum Gasteiger partial charge on any atom is 0.155 e. The summed E-state index contributed by atoms with van der Waals surface area (Å²) in [6.45, 7) is 4.14. The first kappa shape index (κ1) is 16.9. The van der Waals surface area contributed by atoms with Gasteiger partial charge < -0.3 is 9.84 Å². The predicted molar refractivity (Wildman–Crippen MR) is 93.4 cm³/mol. The van der Waals surface area contributed by atoms with E-state index in [1.807, 2.05) is 6.07 Å². The molecule has 1 unspecified atom stereocenters. The SMILES string of the molecule is CCC(C)c1cc(Oc2c(Br)cc(C#N)cc2Br)ccc1O. The predicted octanol–water partition coefficient (Wildman–Crippen LogP) is 6.09. The third kappa shape index (κ3) is 3.63. The molecule has 0 aliphatic carbocycles. The summed E-state index contributed by atoms with van der Waals surface area (Å²) in [7, 11) is 0. The Balaban J connectivity index is 2.38. The number of ether oxygens (including phenoxy) is 1. The van der Waals surface area contributed by atoms with Crippen LogP contribution in [0.4, 0.5) is 0 Å². The highest BCUT2D eigenvalue weighted by atomic mass is 79.9. The Morgan fingerprint density at radius 3 is 2.41 bits per heavy atom. The van der Waals surface area contributed by atoms with Crippen LogP contribution < -0.4 is 4.74 Å². The number of halogens is 2. The van der Waals surface area contributed by atoms with Crippen molar-refractivity contribution in [1.82, 2.24) is 0 Å². The van der Waals surface area contributed by atoms with Crippen LogP contribution in [0, 0.1) is 11.3 Å². The second-order valence-electron chi connectivity index (χ2n) is 5.01. The van der Waals surface area contributed by atoms with Gasteiger partial charge in [0.1, 0.15) is 11.5 Å². The average molecular weight is 425 g/mol. The number of benzene rings is 2. The van der Waals surface area contributed by atoms with E-state index in [2.05, 4.69) is 51.8 Å². The lowest BCUT2D eigenvalue weighted by Gasteiger charge is -2.15. The van der Waals surface area contributed by atoms with Gasteiger partial charge in [-0.15, -0.1) is 0 Å². The van der Waals surface area contributed by atoms with E-state index in [4.69, 9.17) is 10.00 Å². The first-order valence-electron chi connectivity index (χ1n) is 6.86. The second-order valence-corrected chi connectivity index (χ2v) is 6.72. The number of aromatic hydroxyl groups is 1. The molecule has 0 fully saturated rings. The van der Waals surface area contributed by atoms with Gasteiger partial charge in [-0.2, -0.15) is 5.26 Å². The molecule has 22 heavy (non-hydrogen) atoms. The molecule has 0 bridgehead atoms. The van der Waals surface area contributed by atoms with Gasteiger partial charge in [-0.3, -0.25) is 0 Å². The maximum absolute atomic E-state index is 9.97. The van der Waals surface area contributed by atoms with Crippen LogP contribution in [0.3, 0.4) is 0 Å². The van der Waals surface area contributed by atoms with Crippen molar-refractivity contribution in [3.05, 3.63) is 50.4 Å². The molecule has 0 saturated heterocycles. The van der Waals surface area contributed by atoms with Gasteiger partial charge in [0.15, 0.2) is 5.75 Å². The highest BCUT2D eigenvalue weighted by Crippen LogP contribution is 2.39. The van der Waals surface area contributed by atoms with E-state index in [1.165, 1.54) is 0 Å². The molecule has 1 N–H and O–H groups in total. The number of rotatable bonds is 4. The highest BCUT2D eigenvalue weighted by molar-refractivity contribution is 9.11. The Bertz CT molecular complexity index is 715. The second kappa shape index (κ2) is 7.17. The number of phenolic OH excluding ortho intramolecular Hbond substituents is 1. The summed E-state index contributed by atoms with van der Waals surface area (Å²) in [6, 6.07) is 10.7. The molecule has 0 amide bonds. The monoisotopic (exact) mass is 423 g/mol. The molecule has 2 rings (SSSR count). The fraction of sp³-hybridized carbons (Fsp3) is 0.235. The molecule has 0 aliphatic heterocycles. The fourth-order valence-electron chi connectivity index (χ4n) is 2.05. The van der Waals surface area contributed by atoms with Gasteiger partial charge in [-0.1, -0.05) is 13.8 Å². The summed E-state index contributed by atoms with van der Waals surface area (Å²) in [4.78, 5) is 0. The Kier molecular flexibility index (Phi) is 5.49. The van der Waals surface area contributed by atoms with Gasteiger partial charge in [0.25, 0.3) is 0 Å². The average Bonchev–Trinajstić information content (AvgIpc) is 2.51. The first-order valence-corrected chi connectivity index (χ1v) is 8.44. The van der Waals surface area contributed by atoms with E-state index in [0.29, 0.717) is 26.0 Å². The minimum absolute atomic E-state index is 0.247. The maximum atomic E-state index is 9.97. The van der Waals surface area contributed by atoms with E-state index in [-0.39, 0.29) is 11.7 Å². The van der Waals surface area contributed by atoms with Crippen molar-refractivity contribution in [1.29, 1.82) is 5.26 Å². The molecule has 3 nitrogen and oxygen atoms in total. The van der Waals surface area contributed by atoms with E-state index >= 15 is 0 Å². The van der Waals surface area contributed by atoms with Gasteiger partial charge >= 0.3 is 0 Å². The van der Waals surface area contributed by atoms with Crippen LogP contribution >= 0.6 is 31.9 Å². The van der Waals surface area contributed by atoms with Crippen molar-refractivity contribution < 1.29 is 9.84 Å². The molecule has 0 heterocycles. The lowest BCUT2D eigenvalue weighted by atomic mass is 9.97. The van der Waals surface area contributed by atoms with E-state index in [1.54, 1.807) is 24.3 Å². The van der Waals surface area contributed by atoms with E-state index in [9.17, 15) is 5.11 Å². The number of hydrogen-bond acceptors (Lipinski definition) is 3. The topological polar surface area (TPSA) is 53.2 Å². The Labute approximate surface area is 146 Å². The summed E-state index contributed by atoms with van der Waals surface area (Å²) in [5.41, 5.74) is 1.40. The van der Waals surface area contributed by atoms with Crippen molar-refractivity contribution in [3.8, 4) is 23.3 Å². The van der Waals surface area contributed by atoms with Crippen molar-refractivity contribution in [2.24, 2.45) is 0 Å². The van der Waals surface area contributed by atoms with Crippen LogP contribution in [0.25, 0.3) is 0 Å². The molecule has 0 aromatic heterocycles. The molecule has 0 aliphatic rings. The Morgan fingerprint density at radius 2 is 1.86 bits per heavy atom. The minimum atomic E-state index is 0.247. The van der Waals surface area contributed by atoms with Crippen LogP contribution in [0.1, 0.15) is 37.3 Å². The van der Waals surface area contributed by atoms with Gasteiger partial charge in [0.2, 0.25) is 0 Å². The van der Waals surface area contributed by atoms with Crippen LogP contribution in [0.2, 0.25) is 0 Å². The minimum Gasteiger partial charge on any atom is -0.508 e. The Hall–Kier alpha value is -1.51.